The molecule has 11 heteroatoms. The highest BCUT2D eigenvalue weighted by Crippen LogP contribution is 2.32. The molecule has 2 aromatic rings. The Morgan fingerprint density at radius 1 is 1.23 bits per heavy atom. The summed E-state index contributed by atoms with van der Waals surface area (Å²) in [4.78, 5) is 15.5. The van der Waals surface area contributed by atoms with E-state index >= 15 is 0 Å². The van der Waals surface area contributed by atoms with Gasteiger partial charge in [0, 0.05) is 19.2 Å². The average molecular weight is 389 g/mol. The van der Waals surface area contributed by atoms with Gasteiger partial charge in [-0.15, -0.1) is 13.2 Å². The second-order valence-corrected chi connectivity index (χ2v) is 7.58. The van der Waals surface area contributed by atoms with E-state index in [2.05, 4.69) is 9.72 Å². The lowest BCUT2D eigenvalue weighted by Crippen LogP contribution is -2.40. The van der Waals surface area contributed by atoms with Gasteiger partial charge in [-0.05, 0) is 18.6 Å². The fourth-order valence-corrected chi connectivity index (χ4v) is 4.23. The molecule has 0 amide bonds. The average Bonchev–Trinajstić information content (AvgIpc) is 2.57. The lowest BCUT2D eigenvalue weighted by Gasteiger charge is -2.27. The van der Waals surface area contributed by atoms with E-state index in [9.17, 15) is 26.4 Å². The smallest absolute Gasteiger partial charge is 0.404 e. The van der Waals surface area contributed by atoms with E-state index in [1.54, 1.807) is 0 Å². The van der Waals surface area contributed by atoms with Crippen molar-refractivity contribution in [3.05, 3.63) is 52.2 Å². The van der Waals surface area contributed by atoms with E-state index in [-0.39, 0.29) is 30.8 Å². The Morgan fingerprint density at radius 2 is 1.92 bits per heavy atom. The van der Waals surface area contributed by atoms with Crippen molar-refractivity contribution in [2.75, 3.05) is 6.54 Å². The highest BCUT2D eigenvalue weighted by Gasteiger charge is 2.37. The van der Waals surface area contributed by atoms with Crippen LogP contribution in [0.25, 0.3) is 0 Å². The Balaban J connectivity index is 1.98. The Labute approximate surface area is 146 Å². The first-order valence-electron chi connectivity index (χ1n) is 7.48. The third-order valence-corrected chi connectivity index (χ3v) is 5.83. The zero-order chi connectivity index (χ0) is 19.1. The van der Waals surface area contributed by atoms with Crippen molar-refractivity contribution in [1.82, 2.24) is 13.9 Å². The number of fused-ring (bicyclic) bond motifs is 1. The predicted molar refractivity (Wildman–Crippen MR) is 83.9 cm³/mol. The number of benzene rings is 1. The first-order valence-corrected chi connectivity index (χ1v) is 8.92. The maximum Gasteiger partial charge on any atom is 0.573 e. The largest absolute Gasteiger partial charge is 0.573 e. The molecule has 0 unspecified atom stereocenters. The minimum absolute atomic E-state index is 0.0450. The fourth-order valence-electron chi connectivity index (χ4n) is 2.71. The second-order valence-electron chi connectivity index (χ2n) is 5.67. The van der Waals surface area contributed by atoms with Crippen molar-refractivity contribution < 1.29 is 26.3 Å². The summed E-state index contributed by atoms with van der Waals surface area (Å²) in [5.41, 5.74) is 0.422. The van der Waals surface area contributed by atoms with Crippen molar-refractivity contribution in [2.45, 2.75) is 24.2 Å². The van der Waals surface area contributed by atoms with Crippen LogP contribution in [0.2, 0.25) is 0 Å². The number of sulfonamides is 1. The van der Waals surface area contributed by atoms with Gasteiger partial charge >= 0.3 is 6.36 Å². The van der Waals surface area contributed by atoms with E-state index < -0.39 is 27.0 Å². The third kappa shape index (κ3) is 3.44. The van der Waals surface area contributed by atoms with E-state index in [0.29, 0.717) is 5.56 Å². The molecule has 3 rings (SSSR count). The minimum atomic E-state index is -5.02. The topological polar surface area (TPSA) is 81.5 Å². The van der Waals surface area contributed by atoms with Gasteiger partial charge in [-0.3, -0.25) is 4.79 Å². The van der Waals surface area contributed by atoms with Crippen LogP contribution in [0.5, 0.6) is 5.75 Å². The number of rotatable bonds is 3. The predicted octanol–water partition coefficient (Wildman–Crippen LogP) is 1.43. The first-order chi connectivity index (χ1) is 12.1. The lowest BCUT2D eigenvalue weighted by molar-refractivity contribution is -0.275. The summed E-state index contributed by atoms with van der Waals surface area (Å²) in [6.07, 6.45) is -3.62. The van der Waals surface area contributed by atoms with Crippen molar-refractivity contribution in [2.24, 2.45) is 7.05 Å². The second kappa shape index (κ2) is 6.40. The van der Waals surface area contributed by atoms with Crippen LogP contribution in [0.4, 0.5) is 13.2 Å². The molecule has 2 heterocycles. The molecule has 0 saturated carbocycles. The molecule has 1 aliphatic rings. The molecule has 0 aliphatic carbocycles. The molecule has 1 aromatic carbocycles. The van der Waals surface area contributed by atoms with Crippen molar-refractivity contribution in [1.29, 1.82) is 0 Å². The summed E-state index contributed by atoms with van der Waals surface area (Å²) < 4.78 is 69.4. The number of nitrogens with zero attached hydrogens (tertiary/aromatic N) is 3. The van der Waals surface area contributed by atoms with Crippen LogP contribution in [0.3, 0.4) is 0 Å². The molecule has 26 heavy (non-hydrogen) atoms. The quantitative estimate of drug-likeness (QED) is 0.793. The van der Waals surface area contributed by atoms with Crippen molar-refractivity contribution >= 4 is 10.0 Å². The van der Waals surface area contributed by atoms with Crippen LogP contribution in [-0.2, 0) is 30.0 Å². The van der Waals surface area contributed by atoms with Crippen LogP contribution in [0, 0.1) is 0 Å². The SMILES string of the molecule is Cn1cnc2c(c1=O)CCN(S(=O)(=O)c1ccccc1OC(F)(F)F)C2. The maximum absolute atomic E-state index is 12.8. The normalized spacial score (nSPS) is 15.5. The molecule has 0 N–H and O–H groups in total. The van der Waals surface area contributed by atoms with Gasteiger partial charge in [0.2, 0.25) is 10.0 Å². The molecule has 0 atom stereocenters. The van der Waals surface area contributed by atoms with E-state index in [0.717, 1.165) is 16.4 Å². The van der Waals surface area contributed by atoms with Gasteiger partial charge in [-0.25, -0.2) is 13.4 Å². The Morgan fingerprint density at radius 3 is 2.62 bits per heavy atom. The molecule has 140 valence electrons. The summed E-state index contributed by atoms with van der Waals surface area (Å²) in [6.45, 7) is -0.245. The van der Waals surface area contributed by atoms with Crippen LogP contribution >= 0.6 is 0 Å². The number of aromatic nitrogens is 2. The molecular formula is C15H14F3N3O4S. The maximum atomic E-state index is 12.8. The highest BCUT2D eigenvalue weighted by atomic mass is 32.2. The molecule has 1 aliphatic heterocycles. The van der Waals surface area contributed by atoms with Crippen LogP contribution in [-0.4, -0.2) is 35.2 Å². The summed E-state index contributed by atoms with van der Waals surface area (Å²) >= 11 is 0. The fraction of sp³-hybridized carbons (Fsp3) is 0.333. The summed E-state index contributed by atoms with van der Waals surface area (Å²) in [6, 6.07) is 4.54. The van der Waals surface area contributed by atoms with E-state index in [1.165, 1.54) is 30.1 Å². The minimum Gasteiger partial charge on any atom is -0.404 e. The molecule has 0 fully saturated rings. The number of ether oxygens (including phenoxy) is 1. The highest BCUT2D eigenvalue weighted by molar-refractivity contribution is 7.89. The van der Waals surface area contributed by atoms with Gasteiger partial charge in [-0.2, -0.15) is 4.31 Å². The van der Waals surface area contributed by atoms with Gasteiger partial charge in [0.1, 0.15) is 10.6 Å². The number of halogens is 3. The van der Waals surface area contributed by atoms with Crippen LogP contribution in [0.1, 0.15) is 11.3 Å². The zero-order valence-electron chi connectivity index (χ0n) is 13.5. The van der Waals surface area contributed by atoms with Crippen LogP contribution < -0.4 is 10.3 Å². The number of hydrogen-bond donors (Lipinski definition) is 0. The van der Waals surface area contributed by atoms with Gasteiger partial charge in [0.05, 0.1) is 18.6 Å². The monoisotopic (exact) mass is 389 g/mol. The van der Waals surface area contributed by atoms with Crippen molar-refractivity contribution in [3.8, 4) is 5.75 Å². The standard InChI is InChI=1S/C15H14F3N3O4S/c1-20-9-19-11-8-21(7-6-10(11)14(20)22)26(23,24)13-5-3-2-4-12(13)25-15(16,17)18/h2-5,9H,6-8H2,1H3. The molecular weight excluding hydrogens is 375 g/mol. The Hall–Kier alpha value is -2.40. The number of alkyl halides is 3. The Kier molecular flexibility index (Phi) is 4.53. The third-order valence-electron chi connectivity index (χ3n) is 3.94. The summed E-state index contributed by atoms with van der Waals surface area (Å²) in [7, 11) is -2.74. The number of hydrogen-bond acceptors (Lipinski definition) is 5. The van der Waals surface area contributed by atoms with Crippen molar-refractivity contribution in [3.63, 3.8) is 0 Å². The van der Waals surface area contributed by atoms with Gasteiger partial charge in [0.15, 0.2) is 0 Å². The lowest BCUT2D eigenvalue weighted by atomic mass is 10.1. The summed E-state index contributed by atoms with van der Waals surface area (Å²) in [5, 5.41) is 0. The number of aryl methyl sites for hydroxylation is 1. The molecule has 7 nitrogen and oxygen atoms in total. The van der Waals surface area contributed by atoms with Crippen LogP contribution in [0.15, 0.2) is 40.3 Å². The first kappa shape index (κ1) is 18.4. The van der Waals surface area contributed by atoms with Gasteiger partial charge in [-0.1, -0.05) is 12.1 Å². The van der Waals surface area contributed by atoms with E-state index in [4.69, 9.17) is 0 Å². The molecule has 0 saturated heterocycles. The zero-order valence-corrected chi connectivity index (χ0v) is 14.3. The van der Waals surface area contributed by atoms with E-state index in [1.807, 2.05) is 0 Å². The molecule has 0 bridgehead atoms. The van der Waals surface area contributed by atoms with Gasteiger partial charge in [0.25, 0.3) is 5.56 Å². The summed E-state index contributed by atoms with van der Waals surface area (Å²) in [5.74, 6) is -0.803. The molecule has 0 radical (unpaired) electrons. The molecule has 0 spiro atoms. The molecule has 1 aromatic heterocycles. The number of para-hydroxylation sites is 1. The Bertz CT molecular complexity index is 1000. The van der Waals surface area contributed by atoms with Gasteiger partial charge < -0.3 is 9.30 Å².